The van der Waals surface area contributed by atoms with Gasteiger partial charge < -0.3 is 9.84 Å². The molecule has 1 saturated carbocycles. The van der Waals surface area contributed by atoms with Crippen LogP contribution in [0.25, 0.3) is 5.69 Å². The Morgan fingerprint density at radius 1 is 1.05 bits per heavy atom. The van der Waals surface area contributed by atoms with Gasteiger partial charge in [0, 0.05) is 12.3 Å². The molecule has 2 fully saturated rings. The molecule has 1 N–H and O–H groups in total. The first-order valence-corrected chi connectivity index (χ1v) is 13.8. The third-order valence-electron chi connectivity index (χ3n) is 7.83. The van der Waals surface area contributed by atoms with Crippen molar-refractivity contribution in [3.63, 3.8) is 0 Å². The number of methoxy groups -OCH3 is 1. The molecule has 1 aromatic heterocycles. The number of phenolic OH excluding ortho intramolecular Hbond substituents is 1. The number of aromatic hydroxyl groups is 1. The van der Waals surface area contributed by atoms with E-state index in [-0.39, 0.29) is 29.9 Å². The van der Waals surface area contributed by atoms with E-state index in [0.717, 1.165) is 9.47 Å². The third kappa shape index (κ3) is 3.26. The molecule has 0 radical (unpaired) electrons. The summed E-state index contributed by atoms with van der Waals surface area (Å²) in [5, 5.41) is 10.6. The van der Waals surface area contributed by atoms with Crippen molar-refractivity contribution in [2.24, 2.45) is 0 Å². The molecule has 6 rings (SSSR count). The van der Waals surface area contributed by atoms with Crippen LogP contribution in [0.1, 0.15) is 23.9 Å². The number of fused-ring (bicyclic) bond motifs is 4. The van der Waals surface area contributed by atoms with Crippen LogP contribution in [0.15, 0.2) is 69.8 Å². The number of para-hydroxylation sites is 1. The average Bonchev–Trinajstić information content (AvgIpc) is 3.27. The normalized spacial score (nSPS) is 27.6. The summed E-state index contributed by atoms with van der Waals surface area (Å²) < 4.78 is 8.81. The molecule has 0 bridgehead atoms. The van der Waals surface area contributed by atoms with E-state index in [9.17, 15) is 24.3 Å². The number of amides is 2. The number of hydrogen-bond acceptors (Lipinski definition) is 6. The minimum Gasteiger partial charge on any atom is -0.504 e. The van der Waals surface area contributed by atoms with Gasteiger partial charge in [-0.2, -0.15) is 0 Å². The van der Waals surface area contributed by atoms with Crippen LogP contribution in [-0.2, 0) is 16.1 Å². The Kier molecular flexibility index (Phi) is 5.91. The molecule has 1 aliphatic carbocycles. The number of carbonyl (C=O) groups excluding carboxylic acids is 2. The molecule has 2 amide bonds. The number of carbonyl (C=O) groups is 2. The summed E-state index contributed by atoms with van der Waals surface area (Å²) in [7, 11) is 1.40. The zero-order valence-corrected chi connectivity index (χ0v) is 23.5. The zero-order chi connectivity index (χ0) is 27.9. The lowest BCUT2D eigenvalue weighted by Crippen LogP contribution is -2.59. The molecule has 3 aromatic rings. The van der Waals surface area contributed by atoms with Gasteiger partial charge in [-0.1, -0.05) is 46.3 Å². The number of hydrogen-bond donors (Lipinski definition) is 1. The highest BCUT2D eigenvalue weighted by molar-refractivity contribution is 9.09. The molecule has 0 unspecified atom stereocenters. The summed E-state index contributed by atoms with van der Waals surface area (Å²) in [5.74, 6) is -2.43. The van der Waals surface area contributed by atoms with E-state index in [2.05, 4.69) is 15.9 Å². The highest BCUT2D eigenvalue weighted by Crippen LogP contribution is 2.63. The molecular formula is C26H21BrCl2N4O6. The van der Waals surface area contributed by atoms with Gasteiger partial charge in [0.2, 0.25) is 0 Å². The maximum atomic E-state index is 13.8. The maximum Gasteiger partial charge on any atom is 0.352 e. The summed E-state index contributed by atoms with van der Waals surface area (Å²) in [6.45, 7) is 0.0188. The van der Waals surface area contributed by atoms with E-state index in [1.54, 1.807) is 42.5 Å². The van der Waals surface area contributed by atoms with E-state index in [0.29, 0.717) is 16.8 Å². The number of rotatable bonds is 4. The summed E-state index contributed by atoms with van der Waals surface area (Å²) in [6.07, 6.45) is 1.52. The molecule has 0 spiro atoms. The fraction of sp³-hybridized carbons (Fsp3) is 0.308. The van der Waals surface area contributed by atoms with Gasteiger partial charge in [-0.3, -0.25) is 14.5 Å². The van der Waals surface area contributed by atoms with Crippen molar-refractivity contribution >= 4 is 50.9 Å². The SMILES string of the molecule is COc1ccc([C@H]2C3=CCn4c(=O)n(-c5ccccc5)c(=O)n4[C@@H]3C[C@@]3(Cl)C(=O)N(CBr)C(=O)[C@@]23Cl)cc1O. The number of halogens is 3. The highest BCUT2D eigenvalue weighted by atomic mass is 79.9. The molecule has 4 atom stereocenters. The first-order chi connectivity index (χ1) is 18.6. The molecule has 3 aliphatic rings. The number of ether oxygens (including phenoxy) is 1. The van der Waals surface area contributed by atoms with Crippen LogP contribution in [0.5, 0.6) is 11.5 Å². The predicted octanol–water partition coefficient (Wildman–Crippen LogP) is 2.86. The number of imide groups is 1. The number of aromatic nitrogens is 3. The van der Waals surface area contributed by atoms with Gasteiger partial charge in [-0.25, -0.2) is 23.5 Å². The van der Waals surface area contributed by atoms with Crippen molar-refractivity contribution in [3.8, 4) is 17.2 Å². The highest BCUT2D eigenvalue weighted by Gasteiger charge is 2.75. The van der Waals surface area contributed by atoms with Crippen molar-refractivity contribution in [2.45, 2.75) is 34.7 Å². The maximum absolute atomic E-state index is 13.8. The van der Waals surface area contributed by atoms with E-state index in [4.69, 9.17) is 27.9 Å². The van der Waals surface area contributed by atoms with Gasteiger partial charge in [-0.05, 0) is 35.4 Å². The summed E-state index contributed by atoms with van der Waals surface area (Å²) in [5.41, 5.74) is 0.0223. The lowest BCUT2D eigenvalue weighted by molar-refractivity contribution is -0.138. The fourth-order valence-electron chi connectivity index (χ4n) is 6.07. The second kappa shape index (κ2) is 8.87. The molecule has 10 nitrogen and oxygen atoms in total. The number of benzene rings is 2. The number of likely N-dealkylation sites (tertiary alicyclic amines) is 1. The van der Waals surface area contributed by atoms with Crippen LogP contribution in [-0.4, -0.2) is 58.1 Å². The summed E-state index contributed by atoms with van der Waals surface area (Å²) in [6, 6.07) is 12.2. The van der Waals surface area contributed by atoms with Gasteiger partial charge in [0.1, 0.15) is 0 Å². The molecule has 2 aliphatic heterocycles. The second-order valence-electron chi connectivity index (χ2n) is 9.62. The lowest BCUT2D eigenvalue weighted by Gasteiger charge is -2.49. The van der Waals surface area contributed by atoms with Crippen molar-refractivity contribution < 1.29 is 19.4 Å². The fourth-order valence-corrected chi connectivity index (χ4v) is 7.48. The Bertz CT molecular complexity index is 1700. The molecule has 3 heterocycles. The van der Waals surface area contributed by atoms with Crippen LogP contribution >= 0.6 is 39.1 Å². The van der Waals surface area contributed by atoms with Gasteiger partial charge in [0.05, 0.1) is 30.8 Å². The van der Waals surface area contributed by atoms with Crippen molar-refractivity contribution in [2.75, 3.05) is 12.6 Å². The monoisotopic (exact) mass is 634 g/mol. The van der Waals surface area contributed by atoms with Crippen molar-refractivity contribution in [1.29, 1.82) is 0 Å². The Labute approximate surface area is 239 Å². The average molecular weight is 636 g/mol. The molecule has 39 heavy (non-hydrogen) atoms. The molecular weight excluding hydrogens is 615 g/mol. The topological polar surface area (TPSA) is 116 Å². The standard InChI is InChI=1S/C26H21BrCl2N4O6/c1-39-19-8-7-14(11-18(19)34)20-16-9-10-31-23(37)32(15-5-3-2-4-6-15)24(38)33(31)17(16)12-25(28)21(35)30(13-27)22(36)26(20,25)29/h2-9,11,17,20,34H,10,12-13H2,1H3/t17-,20+,25-,26+/m1/s1. The van der Waals surface area contributed by atoms with Gasteiger partial charge in [-0.15, -0.1) is 23.2 Å². The molecule has 202 valence electrons. The minimum atomic E-state index is -1.98. The van der Waals surface area contributed by atoms with Crippen molar-refractivity contribution in [1.82, 2.24) is 18.8 Å². The van der Waals surface area contributed by atoms with Crippen molar-refractivity contribution in [3.05, 3.63) is 86.7 Å². The van der Waals surface area contributed by atoms with E-state index in [1.807, 2.05) is 0 Å². The largest absolute Gasteiger partial charge is 0.504 e. The van der Waals surface area contributed by atoms with Crippen LogP contribution < -0.4 is 16.1 Å². The zero-order valence-electron chi connectivity index (χ0n) is 20.4. The van der Waals surface area contributed by atoms with Crippen LogP contribution in [0.3, 0.4) is 0 Å². The van der Waals surface area contributed by atoms with Crippen LogP contribution in [0, 0.1) is 0 Å². The Hall–Kier alpha value is -3.28. The van der Waals surface area contributed by atoms with E-state index in [1.165, 1.54) is 28.6 Å². The number of nitrogens with zero attached hydrogens (tertiary/aromatic N) is 4. The smallest absolute Gasteiger partial charge is 0.352 e. The first kappa shape index (κ1) is 26.0. The van der Waals surface area contributed by atoms with Gasteiger partial charge in [0.15, 0.2) is 21.2 Å². The third-order valence-corrected chi connectivity index (χ3v) is 9.75. The minimum absolute atomic E-state index is 0.0188. The Morgan fingerprint density at radius 2 is 1.77 bits per heavy atom. The van der Waals surface area contributed by atoms with Gasteiger partial charge in [0.25, 0.3) is 11.8 Å². The van der Waals surface area contributed by atoms with E-state index >= 15 is 0 Å². The summed E-state index contributed by atoms with van der Waals surface area (Å²) >= 11 is 17.5. The quantitative estimate of drug-likeness (QED) is 0.204. The summed E-state index contributed by atoms with van der Waals surface area (Å²) in [4.78, 5) is 51.6. The first-order valence-electron chi connectivity index (χ1n) is 12.0. The number of phenols is 1. The molecule has 1 saturated heterocycles. The second-order valence-corrected chi connectivity index (χ2v) is 11.4. The molecule has 13 heteroatoms. The van der Waals surface area contributed by atoms with Crippen LogP contribution in [0.4, 0.5) is 0 Å². The van der Waals surface area contributed by atoms with E-state index < -0.39 is 44.9 Å². The Morgan fingerprint density at radius 3 is 2.41 bits per heavy atom. The predicted molar refractivity (Wildman–Crippen MR) is 146 cm³/mol. The Balaban J connectivity index is 1.61. The number of alkyl halides is 3. The van der Waals surface area contributed by atoms with Gasteiger partial charge >= 0.3 is 11.4 Å². The number of allylic oxidation sites excluding steroid dienone is 2. The lowest BCUT2D eigenvalue weighted by atomic mass is 9.64. The molecule has 2 aromatic carbocycles. The van der Waals surface area contributed by atoms with Crippen LogP contribution in [0.2, 0.25) is 0 Å².